The highest BCUT2D eigenvalue weighted by atomic mass is 16.5. The Morgan fingerprint density at radius 1 is 1.20 bits per heavy atom. The topological polar surface area (TPSA) is 105 Å². The third kappa shape index (κ3) is 9.11. The predicted octanol–water partition coefficient (Wildman–Crippen LogP) is 2.78. The van der Waals surface area contributed by atoms with Crippen molar-refractivity contribution in [1.29, 1.82) is 0 Å². The maximum absolute atomic E-state index is 12.8. The number of carbonyl (C=O) groups is 3. The Kier molecular flexibility index (Phi) is 10.8. The molecule has 30 heavy (non-hydrogen) atoms. The summed E-state index contributed by atoms with van der Waals surface area (Å²) in [7, 11) is 0. The molecule has 1 rings (SSSR count). The summed E-state index contributed by atoms with van der Waals surface area (Å²) < 4.78 is 5.28. The van der Waals surface area contributed by atoms with Gasteiger partial charge in [0.2, 0.25) is 11.8 Å². The van der Waals surface area contributed by atoms with E-state index in [4.69, 9.17) is 4.74 Å². The van der Waals surface area contributed by atoms with Gasteiger partial charge in [0.25, 0.3) is 0 Å². The summed E-state index contributed by atoms with van der Waals surface area (Å²) in [6.07, 6.45) is 8.90. The highest BCUT2D eigenvalue weighted by Gasteiger charge is 2.36. The average Bonchev–Trinajstić information content (AvgIpc) is 3.15. The first-order valence-corrected chi connectivity index (χ1v) is 10.8. The quantitative estimate of drug-likeness (QED) is 0.227. The SMILES string of the molecule is C=CCCCC(=O)OCC(C)(C)NC(=O)[C@@H](CC=C)CC(=O)NC1(CO)CCCC1. The number of carbonyl (C=O) groups excluding carboxylic acids is 3. The Labute approximate surface area is 180 Å². The van der Waals surface area contributed by atoms with Gasteiger partial charge in [0.05, 0.1) is 23.6 Å². The fraction of sp³-hybridized carbons (Fsp3) is 0.696. The lowest BCUT2D eigenvalue weighted by atomic mass is 9.95. The standard InChI is InChI=1S/C23H38N2O5/c1-5-7-8-12-20(28)30-17-22(3,4)25-21(29)18(11-6-2)15-19(27)24-23(16-26)13-9-10-14-23/h5-6,18,26H,1-2,7-17H2,3-4H3,(H,24,27)(H,25,29)/t18-/m0/s1. The summed E-state index contributed by atoms with van der Waals surface area (Å²) >= 11 is 0. The van der Waals surface area contributed by atoms with Crippen molar-refractivity contribution in [1.82, 2.24) is 10.6 Å². The van der Waals surface area contributed by atoms with Gasteiger partial charge in [-0.15, -0.1) is 13.2 Å². The summed E-state index contributed by atoms with van der Waals surface area (Å²) in [4.78, 5) is 37.1. The first-order chi connectivity index (χ1) is 14.2. The van der Waals surface area contributed by atoms with Crippen molar-refractivity contribution in [3.8, 4) is 0 Å². The first kappa shape index (κ1) is 25.9. The Bertz CT molecular complexity index is 609. The van der Waals surface area contributed by atoms with Gasteiger partial charge in [-0.05, 0) is 46.0 Å². The van der Waals surface area contributed by atoms with Crippen LogP contribution < -0.4 is 10.6 Å². The number of aliphatic hydroxyl groups excluding tert-OH is 1. The average molecular weight is 423 g/mol. The van der Waals surface area contributed by atoms with Crippen LogP contribution in [0, 0.1) is 5.92 Å². The van der Waals surface area contributed by atoms with E-state index in [2.05, 4.69) is 23.8 Å². The van der Waals surface area contributed by atoms with Crippen molar-refractivity contribution in [3.63, 3.8) is 0 Å². The number of nitrogens with one attached hydrogen (secondary N) is 2. The molecule has 0 aromatic rings. The summed E-state index contributed by atoms with van der Waals surface area (Å²) in [5, 5.41) is 15.5. The first-order valence-electron chi connectivity index (χ1n) is 10.8. The zero-order valence-corrected chi connectivity index (χ0v) is 18.5. The van der Waals surface area contributed by atoms with Crippen LogP contribution in [0.3, 0.4) is 0 Å². The molecule has 3 N–H and O–H groups in total. The summed E-state index contributed by atoms with van der Waals surface area (Å²) in [6.45, 7) is 10.8. The molecule has 1 fully saturated rings. The molecule has 1 saturated carbocycles. The van der Waals surface area contributed by atoms with Gasteiger partial charge in [0.15, 0.2) is 0 Å². The smallest absolute Gasteiger partial charge is 0.305 e. The van der Waals surface area contributed by atoms with Gasteiger partial charge >= 0.3 is 5.97 Å². The van der Waals surface area contributed by atoms with E-state index in [1.54, 1.807) is 26.0 Å². The number of amides is 2. The number of esters is 1. The normalized spacial score (nSPS) is 16.4. The van der Waals surface area contributed by atoms with Crippen LogP contribution in [0.15, 0.2) is 25.3 Å². The minimum Gasteiger partial charge on any atom is -0.463 e. The lowest BCUT2D eigenvalue weighted by molar-refractivity contribution is -0.147. The Morgan fingerprint density at radius 2 is 1.87 bits per heavy atom. The molecule has 1 aliphatic carbocycles. The molecule has 0 radical (unpaired) electrons. The second kappa shape index (κ2) is 12.5. The van der Waals surface area contributed by atoms with Gasteiger partial charge in [0.1, 0.15) is 6.61 Å². The number of rotatable bonds is 14. The predicted molar refractivity (Wildman–Crippen MR) is 117 cm³/mol. The van der Waals surface area contributed by atoms with Gasteiger partial charge in [-0.25, -0.2) is 0 Å². The lowest BCUT2D eigenvalue weighted by Gasteiger charge is -2.30. The highest BCUT2D eigenvalue weighted by Crippen LogP contribution is 2.29. The Hall–Kier alpha value is -2.15. The van der Waals surface area contributed by atoms with E-state index in [1.807, 2.05) is 0 Å². The monoisotopic (exact) mass is 422 g/mol. The molecule has 0 bridgehead atoms. The van der Waals surface area contributed by atoms with Crippen molar-refractivity contribution >= 4 is 17.8 Å². The minimum atomic E-state index is -0.765. The van der Waals surface area contributed by atoms with Crippen molar-refractivity contribution in [3.05, 3.63) is 25.3 Å². The second-order valence-corrected chi connectivity index (χ2v) is 8.83. The van der Waals surface area contributed by atoms with E-state index in [1.165, 1.54) is 0 Å². The fourth-order valence-electron chi connectivity index (χ4n) is 3.62. The fourth-order valence-corrected chi connectivity index (χ4v) is 3.62. The van der Waals surface area contributed by atoms with Gasteiger partial charge in [0, 0.05) is 12.8 Å². The van der Waals surface area contributed by atoms with E-state index < -0.39 is 17.0 Å². The molecular weight excluding hydrogens is 384 g/mol. The van der Waals surface area contributed by atoms with Crippen molar-refractivity contribution in [2.75, 3.05) is 13.2 Å². The Balaban J connectivity index is 2.58. The van der Waals surface area contributed by atoms with E-state index >= 15 is 0 Å². The molecule has 0 unspecified atom stereocenters. The molecule has 2 amide bonds. The molecule has 7 nitrogen and oxygen atoms in total. The molecular formula is C23H38N2O5. The van der Waals surface area contributed by atoms with Gasteiger partial charge in [-0.1, -0.05) is 25.0 Å². The van der Waals surface area contributed by atoms with Crippen LogP contribution in [-0.2, 0) is 19.1 Å². The van der Waals surface area contributed by atoms with Crippen LogP contribution in [0.1, 0.15) is 71.6 Å². The number of ether oxygens (including phenoxy) is 1. The van der Waals surface area contributed by atoms with Crippen molar-refractivity contribution in [2.45, 2.75) is 82.7 Å². The third-order valence-corrected chi connectivity index (χ3v) is 5.37. The third-order valence-electron chi connectivity index (χ3n) is 5.37. The highest BCUT2D eigenvalue weighted by molar-refractivity contribution is 5.86. The molecule has 0 aliphatic heterocycles. The number of aliphatic hydroxyl groups is 1. The molecule has 0 aromatic carbocycles. The maximum atomic E-state index is 12.8. The number of hydrogen-bond donors (Lipinski definition) is 3. The van der Waals surface area contributed by atoms with Crippen LogP contribution >= 0.6 is 0 Å². The molecule has 7 heteroatoms. The minimum absolute atomic E-state index is 0.0109. The van der Waals surface area contributed by atoms with Crippen molar-refractivity contribution in [2.24, 2.45) is 5.92 Å². The molecule has 0 saturated heterocycles. The number of allylic oxidation sites excluding steroid dienone is 2. The lowest BCUT2D eigenvalue weighted by Crippen LogP contribution is -2.52. The van der Waals surface area contributed by atoms with Crippen LogP contribution in [0.5, 0.6) is 0 Å². The molecule has 0 aromatic heterocycles. The number of unbranched alkanes of at least 4 members (excludes halogenated alkanes) is 1. The molecule has 1 aliphatic rings. The zero-order chi connectivity index (χ0) is 22.6. The summed E-state index contributed by atoms with van der Waals surface area (Å²) in [6, 6.07) is 0. The Morgan fingerprint density at radius 3 is 2.43 bits per heavy atom. The maximum Gasteiger partial charge on any atom is 0.305 e. The van der Waals surface area contributed by atoms with Gasteiger partial charge in [-0.2, -0.15) is 0 Å². The zero-order valence-electron chi connectivity index (χ0n) is 18.5. The number of hydrogen-bond acceptors (Lipinski definition) is 5. The largest absolute Gasteiger partial charge is 0.463 e. The molecule has 0 spiro atoms. The van der Waals surface area contributed by atoms with E-state index in [9.17, 15) is 19.5 Å². The van der Waals surface area contributed by atoms with Crippen LogP contribution in [-0.4, -0.2) is 47.2 Å². The molecule has 0 heterocycles. The molecule has 1 atom stereocenters. The van der Waals surface area contributed by atoms with Crippen LogP contribution in [0.4, 0.5) is 0 Å². The van der Waals surface area contributed by atoms with Crippen LogP contribution in [0.2, 0.25) is 0 Å². The second-order valence-electron chi connectivity index (χ2n) is 8.83. The van der Waals surface area contributed by atoms with Crippen molar-refractivity contribution < 1.29 is 24.2 Å². The molecule has 170 valence electrons. The summed E-state index contributed by atoms with van der Waals surface area (Å²) in [5.74, 6) is -1.43. The van der Waals surface area contributed by atoms with Crippen LogP contribution in [0.25, 0.3) is 0 Å². The van der Waals surface area contributed by atoms with E-state index in [-0.39, 0.29) is 37.4 Å². The van der Waals surface area contributed by atoms with E-state index in [0.29, 0.717) is 19.3 Å². The van der Waals surface area contributed by atoms with E-state index in [0.717, 1.165) is 32.1 Å². The summed E-state index contributed by atoms with van der Waals surface area (Å²) in [5.41, 5.74) is -1.33. The van der Waals surface area contributed by atoms with Gasteiger partial charge in [-0.3, -0.25) is 14.4 Å². The van der Waals surface area contributed by atoms with Gasteiger partial charge < -0.3 is 20.5 Å².